The van der Waals surface area contributed by atoms with Gasteiger partial charge in [0.25, 0.3) is 0 Å². The second kappa shape index (κ2) is 10.4. The summed E-state index contributed by atoms with van der Waals surface area (Å²) in [5.41, 5.74) is 6.16. The Morgan fingerprint density at radius 1 is 1.19 bits per heavy atom. The molecule has 3 N–H and O–H groups in total. The number of nitrogens with two attached hydrogens (primary N) is 1. The van der Waals surface area contributed by atoms with E-state index in [0.717, 1.165) is 19.3 Å². The molecule has 0 unspecified atom stereocenters. The molecule has 1 aliphatic carbocycles. The molecule has 0 bridgehead atoms. The number of nitrogens with one attached hydrogen (secondary N) is 1. The van der Waals surface area contributed by atoms with Gasteiger partial charge in [-0.05, 0) is 31.0 Å². The SMILES string of the molecule is Cl.Cl.NC1(C(=O)NCc2cccnc2Oc2cccc(F)c2)CCCCC1. The first-order valence-corrected chi connectivity index (χ1v) is 8.51. The molecule has 1 saturated carbocycles. The molecule has 0 radical (unpaired) electrons. The second-order valence-electron chi connectivity index (χ2n) is 6.43. The number of nitrogens with zero attached hydrogens (tertiary/aromatic N) is 1. The van der Waals surface area contributed by atoms with E-state index in [1.165, 1.54) is 12.1 Å². The number of carbonyl (C=O) groups excluding carboxylic acids is 1. The monoisotopic (exact) mass is 415 g/mol. The van der Waals surface area contributed by atoms with Crippen molar-refractivity contribution in [3.8, 4) is 11.6 Å². The molecule has 0 saturated heterocycles. The Morgan fingerprint density at radius 3 is 2.63 bits per heavy atom. The summed E-state index contributed by atoms with van der Waals surface area (Å²) < 4.78 is 19.0. The standard InChI is InChI=1S/C19H22FN3O2.2ClH/c20-15-7-4-8-16(12-15)25-17-14(6-5-11-22-17)13-23-18(24)19(21)9-2-1-3-10-19;;/h4-8,11-12H,1-3,9-10,13,21H2,(H,23,24);2*1H. The summed E-state index contributed by atoms with van der Waals surface area (Å²) in [4.78, 5) is 16.6. The van der Waals surface area contributed by atoms with Gasteiger partial charge in [-0.1, -0.05) is 31.4 Å². The number of rotatable bonds is 5. The van der Waals surface area contributed by atoms with Crippen molar-refractivity contribution in [1.82, 2.24) is 10.3 Å². The molecule has 2 aromatic rings. The van der Waals surface area contributed by atoms with Gasteiger partial charge in [-0.3, -0.25) is 4.79 Å². The lowest BCUT2D eigenvalue weighted by atomic mass is 9.82. The quantitative estimate of drug-likeness (QED) is 0.768. The molecular formula is C19H24Cl2FN3O2. The minimum absolute atomic E-state index is 0. The molecule has 1 aromatic carbocycles. The van der Waals surface area contributed by atoms with Crippen molar-refractivity contribution in [3.05, 3.63) is 54.0 Å². The van der Waals surface area contributed by atoms with Crippen molar-refractivity contribution in [2.75, 3.05) is 0 Å². The van der Waals surface area contributed by atoms with E-state index in [2.05, 4.69) is 10.3 Å². The van der Waals surface area contributed by atoms with E-state index in [4.69, 9.17) is 10.5 Å². The van der Waals surface area contributed by atoms with Crippen LogP contribution in [0.15, 0.2) is 42.6 Å². The number of benzene rings is 1. The van der Waals surface area contributed by atoms with Gasteiger partial charge in [0, 0.05) is 24.4 Å². The van der Waals surface area contributed by atoms with Crippen molar-refractivity contribution < 1.29 is 13.9 Å². The van der Waals surface area contributed by atoms with Gasteiger partial charge in [0.1, 0.15) is 11.6 Å². The smallest absolute Gasteiger partial charge is 0.240 e. The van der Waals surface area contributed by atoms with E-state index in [9.17, 15) is 9.18 Å². The summed E-state index contributed by atoms with van der Waals surface area (Å²) in [5.74, 6) is 0.162. The average Bonchev–Trinajstić information content (AvgIpc) is 2.61. The topological polar surface area (TPSA) is 77.2 Å². The first kappa shape index (κ1) is 23.1. The Bertz CT molecular complexity index is 755. The molecule has 0 atom stereocenters. The predicted molar refractivity (Wildman–Crippen MR) is 107 cm³/mol. The number of aromatic nitrogens is 1. The lowest BCUT2D eigenvalue weighted by Crippen LogP contribution is -2.54. The van der Waals surface area contributed by atoms with Crippen molar-refractivity contribution in [2.45, 2.75) is 44.2 Å². The van der Waals surface area contributed by atoms with Gasteiger partial charge >= 0.3 is 0 Å². The Labute approximate surface area is 170 Å². The lowest BCUT2D eigenvalue weighted by Gasteiger charge is -2.31. The molecule has 148 valence electrons. The van der Waals surface area contributed by atoms with Gasteiger partial charge in [0.2, 0.25) is 11.8 Å². The van der Waals surface area contributed by atoms with Crippen LogP contribution in [0.4, 0.5) is 4.39 Å². The molecule has 5 nitrogen and oxygen atoms in total. The van der Waals surface area contributed by atoms with Gasteiger partial charge in [-0.2, -0.15) is 0 Å². The number of halogens is 3. The Kier molecular flexibility index (Phi) is 8.96. The summed E-state index contributed by atoms with van der Waals surface area (Å²) in [7, 11) is 0. The predicted octanol–water partition coefficient (Wildman–Crippen LogP) is 4.13. The number of hydrogen-bond donors (Lipinski definition) is 2. The highest BCUT2D eigenvalue weighted by molar-refractivity contribution is 5.86. The summed E-state index contributed by atoms with van der Waals surface area (Å²) in [6, 6.07) is 9.42. The Morgan fingerprint density at radius 2 is 1.93 bits per heavy atom. The maximum atomic E-state index is 13.3. The maximum absolute atomic E-state index is 13.3. The summed E-state index contributed by atoms with van der Waals surface area (Å²) in [6.45, 7) is 0.260. The van der Waals surface area contributed by atoms with Gasteiger partial charge in [0.05, 0.1) is 5.54 Å². The minimum atomic E-state index is -0.788. The van der Waals surface area contributed by atoms with Crippen LogP contribution in [0, 0.1) is 5.82 Å². The fraction of sp³-hybridized carbons (Fsp3) is 0.368. The zero-order valence-electron chi connectivity index (χ0n) is 14.8. The molecule has 0 aliphatic heterocycles. The van der Waals surface area contributed by atoms with Crippen molar-refractivity contribution in [2.24, 2.45) is 5.73 Å². The van der Waals surface area contributed by atoms with Gasteiger partial charge < -0.3 is 15.8 Å². The highest BCUT2D eigenvalue weighted by atomic mass is 35.5. The van der Waals surface area contributed by atoms with Crippen LogP contribution in [-0.4, -0.2) is 16.4 Å². The average molecular weight is 416 g/mol. The van der Waals surface area contributed by atoms with Gasteiger partial charge in [-0.25, -0.2) is 9.37 Å². The molecular weight excluding hydrogens is 392 g/mol. The highest BCUT2D eigenvalue weighted by Crippen LogP contribution is 2.27. The summed E-state index contributed by atoms with van der Waals surface area (Å²) in [5, 5.41) is 2.89. The highest BCUT2D eigenvalue weighted by Gasteiger charge is 2.35. The lowest BCUT2D eigenvalue weighted by molar-refractivity contribution is -0.127. The Hall–Kier alpha value is -1.89. The van der Waals surface area contributed by atoms with E-state index < -0.39 is 5.54 Å². The van der Waals surface area contributed by atoms with E-state index >= 15 is 0 Å². The molecule has 8 heteroatoms. The zero-order valence-corrected chi connectivity index (χ0v) is 16.5. The number of amides is 1. The van der Waals surface area contributed by atoms with E-state index in [1.807, 2.05) is 6.07 Å². The third kappa shape index (κ3) is 6.06. The number of pyridine rings is 1. The van der Waals surface area contributed by atoms with Crippen LogP contribution in [0.5, 0.6) is 11.6 Å². The molecule has 1 amide bonds. The number of hydrogen-bond acceptors (Lipinski definition) is 4. The third-order valence-electron chi connectivity index (χ3n) is 4.50. The summed E-state index contributed by atoms with van der Waals surface area (Å²) in [6.07, 6.45) is 6.08. The molecule has 1 aliphatic rings. The van der Waals surface area contributed by atoms with Crippen LogP contribution >= 0.6 is 24.8 Å². The minimum Gasteiger partial charge on any atom is -0.439 e. The first-order chi connectivity index (χ1) is 12.1. The Balaban J connectivity index is 0.00000182. The molecule has 3 rings (SSSR count). The molecule has 1 heterocycles. The van der Waals surface area contributed by atoms with Crippen LogP contribution in [-0.2, 0) is 11.3 Å². The van der Waals surface area contributed by atoms with Crippen LogP contribution in [0.2, 0.25) is 0 Å². The van der Waals surface area contributed by atoms with E-state index in [1.54, 1.807) is 24.4 Å². The normalized spacial score (nSPS) is 15.0. The van der Waals surface area contributed by atoms with Crippen molar-refractivity contribution >= 4 is 30.7 Å². The molecule has 27 heavy (non-hydrogen) atoms. The first-order valence-electron chi connectivity index (χ1n) is 8.51. The maximum Gasteiger partial charge on any atom is 0.240 e. The second-order valence-corrected chi connectivity index (χ2v) is 6.43. The summed E-state index contributed by atoms with van der Waals surface area (Å²) >= 11 is 0. The van der Waals surface area contributed by atoms with Crippen LogP contribution in [0.3, 0.4) is 0 Å². The van der Waals surface area contributed by atoms with Crippen LogP contribution < -0.4 is 15.8 Å². The van der Waals surface area contributed by atoms with E-state index in [-0.39, 0.29) is 43.1 Å². The van der Waals surface area contributed by atoms with E-state index in [0.29, 0.717) is 30.0 Å². The molecule has 1 fully saturated rings. The zero-order chi connectivity index (χ0) is 17.7. The largest absolute Gasteiger partial charge is 0.439 e. The van der Waals surface area contributed by atoms with Crippen LogP contribution in [0.25, 0.3) is 0 Å². The number of ether oxygens (including phenoxy) is 1. The number of carbonyl (C=O) groups is 1. The fourth-order valence-electron chi connectivity index (χ4n) is 3.05. The van der Waals surface area contributed by atoms with Gasteiger partial charge in [-0.15, -0.1) is 24.8 Å². The van der Waals surface area contributed by atoms with Crippen molar-refractivity contribution in [1.29, 1.82) is 0 Å². The van der Waals surface area contributed by atoms with Gasteiger partial charge in [0.15, 0.2) is 0 Å². The van der Waals surface area contributed by atoms with Crippen LogP contribution in [0.1, 0.15) is 37.7 Å². The molecule has 0 spiro atoms. The fourth-order valence-corrected chi connectivity index (χ4v) is 3.05. The molecule has 1 aromatic heterocycles. The third-order valence-corrected chi connectivity index (χ3v) is 4.50. The van der Waals surface area contributed by atoms with Crippen molar-refractivity contribution in [3.63, 3.8) is 0 Å².